The number of amides is 2. The van der Waals surface area contributed by atoms with Crippen molar-refractivity contribution < 1.29 is 19.1 Å². The van der Waals surface area contributed by atoms with Crippen LogP contribution in [0.15, 0.2) is 65.7 Å². The third-order valence-corrected chi connectivity index (χ3v) is 4.86. The molecule has 0 aromatic heterocycles. The molecular weight excluding hydrogens is 416 g/mol. The van der Waals surface area contributed by atoms with Crippen LogP contribution >= 0.6 is 11.9 Å². The van der Waals surface area contributed by atoms with Crippen molar-refractivity contribution in [3.8, 4) is 0 Å². The molecule has 1 unspecified atom stereocenters. The highest BCUT2D eigenvalue weighted by molar-refractivity contribution is 8.12. The number of hydrazine groups is 1. The summed E-state index contributed by atoms with van der Waals surface area (Å²) in [5.74, 6) is 0. The zero-order chi connectivity index (χ0) is 22.4. The van der Waals surface area contributed by atoms with Gasteiger partial charge in [-0.2, -0.15) is 5.01 Å². The number of rotatable bonds is 4. The number of benzene rings is 2. The van der Waals surface area contributed by atoms with E-state index in [0.29, 0.717) is 5.17 Å². The van der Waals surface area contributed by atoms with E-state index in [4.69, 9.17) is 14.5 Å². The molecule has 1 aliphatic heterocycles. The highest BCUT2D eigenvalue weighted by atomic mass is 32.2. The molecule has 9 heteroatoms. The van der Waals surface area contributed by atoms with Gasteiger partial charge in [-0.3, -0.25) is 0 Å². The highest BCUT2D eigenvalue weighted by Crippen LogP contribution is 2.36. The number of aliphatic imine (C=N–C) groups is 1. The van der Waals surface area contributed by atoms with Gasteiger partial charge in [0.1, 0.15) is 0 Å². The van der Waals surface area contributed by atoms with Gasteiger partial charge in [0.25, 0.3) is 0 Å². The van der Waals surface area contributed by atoms with Gasteiger partial charge in [-0.05, 0) is 45.4 Å². The quantitative estimate of drug-likeness (QED) is 0.636. The van der Waals surface area contributed by atoms with Crippen molar-refractivity contribution in [2.75, 3.05) is 5.32 Å². The minimum absolute atomic E-state index is 0.365. The molecule has 0 saturated heterocycles. The summed E-state index contributed by atoms with van der Waals surface area (Å²) in [6.45, 7) is 6.98. The lowest BCUT2D eigenvalue weighted by atomic mass is 10.2. The molecule has 0 aliphatic carbocycles. The Labute approximate surface area is 186 Å². The summed E-state index contributed by atoms with van der Waals surface area (Å²) in [6.07, 6.45) is -2.94. The monoisotopic (exact) mass is 442 g/mol. The largest absolute Gasteiger partial charge is 0.445 e. The van der Waals surface area contributed by atoms with E-state index in [-0.39, 0.29) is 12.2 Å². The van der Waals surface area contributed by atoms with Crippen molar-refractivity contribution >= 4 is 35.0 Å². The molecule has 164 valence electrons. The van der Waals surface area contributed by atoms with Crippen LogP contribution in [0.5, 0.6) is 0 Å². The molecule has 0 spiro atoms. The Hall–Kier alpha value is -3.20. The van der Waals surface area contributed by atoms with Crippen LogP contribution < -0.4 is 5.32 Å². The van der Waals surface area contributed by atoms with Crippen molar-refractivity contribution in [1.29, 1.82) is 0 Å². The minimum atomic E-state index is -0.820. The van der Waals surface area contributed by atoms with Crippen LogP contribution in [0.2, 0.25) is 0 Å². The van der Waals surface area contributed by atoms with Gasteiger partial charge in [-0.15, -0.1) is 4.41 Å². The molecule has 3 rings (SSSR count). The lowest BCUT2D eigenvalue weighted by Crippen LogP contribution is -2.52. The lowest BCUT2D eigenvalue weighted by Gasteiger charge is -2.39. The van der Waals surface area contributed by atoms with Crippen LogP contribution in [0.4, 0.5) is 15.3 Å². The van der Waals surface area contributed by atoms with Crippen molar-refractivity contribution in [3.63, 3.8) is 0 Å². The van der Waals surface area contributed by atoms with E-state index < -0.39 is 18.4 Å². The second kappa shape index (κ2) is 10.2. The van der Waals surface area contributed by atoms with Gasteiger partial charge in [0, 0.05) is 5.69 Å². The molecule has 2 amide bonds. The molecule has 0 bridgehead atoms. The Bertz CT molecular complexity index is 922. The Kier molecular flexibility index (Phi) is 7.41. The number of anilines is 1. The topological polar surface area (TPSA) is 83.5 Å². The van der Waals surface area contributed by atoms with Gasteiger partial charge in [0.15, 0.2) is 11.3 Å². The number of carbonyl (C=O) groups is 2. The fraction of sp³-hybridized carbons (Fsp3) is 0.318. The number of carbonyl (C=O) groups excluding carboxylic acids is 2. The maximum absolute atomic E-state index is 13.0. The third kappa shape index (κ3) is 5.91. The number of ether oxygens (including phenoxy) is 2. The Morgan fingerprint density at radius 1 is 0.903 bits per heavy atom. The fourth-order valence-electron chi connectivity index (χ4n) is 2.76. The summed E-state index contributed by atoms with van der Waals surface area (Å²) in [6, 6.07) is 18.7. The molecule has 1 atom stereocenters. The van der Waals surface area contributed by atoms with Gasteiger partial charge < -0.3 is 14.8 Å². The number of para-hydroxylation sites is 1. The molecule has 1 N–H and O–H groups in total. The van der Waals surface area contributed by atoms with Gasteiger partial charge in [-0.25, -0.2) is 14.6 Å². The minimum Gasteiger partial charge on any atom is -0.445 e. The molecule has 31 heavy (non-hydrogen) atoms. The molecular formula is C22H26N4O4S. The summed E-state index contributed by atoms with van der Waals surface area (Å²) in [5, 5.41) is 4.82. The van der Waals surface area contributed by atoms with E-state index in [0.717, 1.165) is 27.6 Å². The van der Waals surface area contributed by atoms with E-state index in [1.165, 1.54) is 5.01 Å². The molecule has 0 saturated carbocycles. The third-order valence-electron chi connectivity index (χ3n) is 3.98. The summed E-state index contributed by atoms with van der Waals surface area (Å²) < 4.78 is 12.0. The summed E-state index contributed by atoms with van der Waals surface area (Å²) in [7, 11) is 0. The second-order valence-corrected chi connectivity index (χ2v) is 8.20. The van der Waals surface area contributed by atoms with Crippen LogP contribution in [0.3, 0.4) is 0 Å². The maximum atomic E-state index is 13.0. The van der Waals surface area contributed by atoms with E-state index in [2.05, 4.69) is 5.32 Å². The second-order valence-electron chi connectivity index (χ2n) is 7.28. The molecule has 0 fully saturated rings. The highest BCUT2D eigenvalue weighted by Gasteiger charge is 2.41. The summed E-state index contributed by atoms with van der Waals surface area (Å²) >= 11 is 0.961. The number of nitrogens with one attached hydrogen (secondary N) is 1. The van der Waals surface area contributed by atoms with Gasteiger partial charge in [-0.1, -0.05) is 48.5 Å². The Morgan fingerprint density at radius 2 is 1.45 bits per heavy atom. The number of amidine groups is 1. The zero-order valence-electron chi connectivity index (χ0n) is 17.9. The van der Waals surface area contributed by atoms with Crippen molar-refractivity contribution in [2.24, 2.45) is 4.99 Å². The number of nitrogens with zero attached hydrogens (tertiary/aromatic N) is 3. The average Bonchev–Trinajstić information content (AvgIpc) is 2.73. The number of hydrogen-bond acceptors (Lipinski definition) is 7. The fourth-order valence-corrected chi connectivity index (χ4v) is 3.59. The van der Waals surface area contributed by atoms with Gasteiger partial charge >= 0.3 is 12.2 Å². The van der Waals surface area contributed by atoms with E-state index in [1.54, 1.807) is 27.7 Å². The smallest absolute Gasteiger partial charge is 0.440 e. The number of hydrogen-bond donors (Lipinski definition) is 1. The predicted octanol–water partition coefficient (Wildman–Crippen LogP) is 5.42. The van der Waals surface area contributed by atoms with E-state index in [1.807, 2.05) is 60.7 Å². The zero-order valence-corrected chi connectivity index (χ0v) is 18.7. The summed E-state index contributed by atoms with van der Waals surface area (Å²) in [4.78, 5) is 30.7. The van der Waals surface area contributed by atoms with Crippen LogP contribution in [0.1, 0.15) is 39.4 Å². The van der Waals surface area contributed by atoms with Crippen molar-refractivity contribution in [3.05, 3.63) is 66.2 Å². The summed E-state index contributed by atoms with van der Waals surface area (Å²) in [5.41, 5.74) is 1.52. The van der Waals surface area contributed by atoms with Crippen LogP contribution in [-0.4, -0.2) is 39.0 Å². The van der Waals surface area contributed by atoms with Crippen LogP contribution in [0.25, 0.3) is 0 Å². The van der Waals surface area contributed by atoms with Crippen LogP contribution in [0, 0.1) is 0 Å². The first-order valence-corrected chi connectivity index (χ1v) is 10.8. The molecule has 8 nitrogen and oxygen atoms in total. The first-order chi connectivity index (χ1) is 14.8. The van der Waals surface area contributed by atoms with Crippen molar-refractivity contribution in [1.82, 2.24) is 9.42 Å². The standard InChI is InChI=1S/C22H26N4O4S/c1-15(2)29-21(27)25-19(17-11-7-5-8-12-17)24-20(23-18-13-9-6-10-14-18)31-26(25)22(28)30-16(3)4/h5-16,19H,1-4H3,(H,23,24). The molecule has 1 aliphatic rings. The van der Waals surface area contributed by atoms with E-state index >= 15 is 0 Å². The molecule has 1 heterocycles. The lowest BCUT2D eigenvalue weighted by molar-refractivity contribution is -0.0110. The van der Waals surface area contributed by atoms with Gasteiger partial charge in [0.2, 0.25) is 0 Å². The Morgan fingerprint density at radius 3 is 2.03 bits per heavy atom. The normalized spacial score (nSPS) is 16.2. The molecule has 2 aromatic rings. The maximum Gasteiger partial charge on any atom is 0.440 e. The van der Waals surface area contributed by atoms with Crippen LogP contribution in [-0.2, 0) is 9.47 Å². The van der Waals surface area contributed by atoms with E-state index in [9.17, 15) is 9.59 Å². The first-order valence-electron chi connectivity index (χ1n) is 9.98. The van der Waals surface area contributed by atoms with Gasteiger partial charge in [0.05, 0.1) is 24.2 Å². The molecule has 0 radical (unpaired) electrons. The predicted molar refractivity (Wildman–Crippen MR) is 121 cm³/mol. The molecule has 2 aromatic carbocycles. The Balaban J connectivity index is 2.03. The first kappa shape index (κ1) is 22.5. The van der Waals surface area contributed by atoms with Crippen molar-refractivity contribution in [2.45, 2.75) is 46.1 Å². The average molecular weight is 443 g/mol. The SMILES string of the molecule is CC(C)OC(=O)N1SC(Nc2ccccc2)=NC(c2ccccc2)N1C(=O)OC(C)C.